The SMILES string of the molecule is COc1cc(/C=C/C(=O)O[C@@H](C(=O)[O-])[C@@H](O)[C@@H](O)[C@H](O)C(=O)[O-])ccc1O. The average Bonchev–Trinajstić information content (AvgIpc) is 2.63. The number of phenolic OH excluding ortho intramolecular Hbond substituents is 1. The monoisotopic (exact) mass is 384 g/mol. The van der Waals surface area contributed by atoms with E-state index in [1.54, 1.807) is 0 Å². The van der Waals surface area contributed by atoms with Gasteiger partial charge in [-0.15, -0.1) is 0 Å². The molecule has 0 saturated heterocycles. The largest absolute Gasteiger partial charge is 0.547 e. The molecular formula is C16H16O11-2. The van der Waals surface area contributed by atoms with Crippen LogP contribution in [0.3, 0.4) is 0 Å². The summed E-state index contributed by atoms with van der Waals surface area (Å²) in [7, 11) is 1.30. The fourth-order valence-corrected chi connectivity index (χ4v) is 1.89. The summed E-state index contributed by atoms with van der Waals surface area (Å²) in [6.45, 7) is 0. The molecule has 0 radical (unpaired) electrons. The molecule has 11 heteroatoms. The highest BCUT2D eigenvalue weighted by atomic mass is 16.6. The fraction of sp³-hybridized carbons (Fsp3) is 0.312. The van der Waals surface area contributed by atoms with Gasteiger partial charge in [-0.05, 0) is 23.8 Å². The molecule has 0 aliphatic rings. The zero-order chi connectivity index (χ0) is 20.7. The molecule has 0 saturated carbocycles. The van der Waals surface area contributed by atoms with E-state index in [2.05, 4.69) is 4.74 Å². The Morgan fingerprint density at radius 1 is 1.07 bits per heavy atom. The minimum Gasteiger partial charge on any atom is -0.547 e. The fourth-order valence-electron chi connectivity index (χ4n) is 1.89. The Kier molecular flexibility index (Phi) is 7.72. The number of methoxy groups -OCH3 is 1. The second-order valence-electron chi connectivity index (χ2n) is 5.19. The number of rotatable bonds is 9. The number of carbonyl (C=O) groups excluding carboxylic acids is 3. The van der Waals surface area contributed by atoms with E-state index in [0.29, 0.717) is 5.56 Å². The molecule has 4 atom stereocenters. The van der Waals surface area contributed by atoms with Crippen molar-refractivity contribution in [2.75, 3.05) is 7.11 Å². The topological polar surface area (TPSA) is 197 Å². The number of ether oxygens (including phenoxy) is 2. The van der Waals surface area contributed by atoms with E-state index in [0.717, 1.165) is 12.2 Å². The van der Waals surface area contributed by atoms with Gasteiger partial charge in [-0.1, -0.05) is 6.07 Å². The quantitative estimate of drug-likeness (QED) is 0.238. The maximum Gasteiger partial charge on any atom is 0.331 e. The van der Waals surface area contributed by atoms with Gasteiger partial charge in [-0.2, -0.15) is 0 Å². The van der Waals surface area contributed by atoms with Crippen molar-refractivity contribution in [1.29, 1.82) is 0 Å². The van der Waals surface area contributed by atoms with Gasteiger partial charge < -0.3 is 49.7 Å². The standard InChI is InChI=1S/C16H18O11/c1-26-9-6-7(2-4-8(9)17)3-5-10(18)27-14(16(24)25)12(20)11(19)13(21)15(22)23/h2-6,11-14,17,19-21H,1H3,(H,22,23)(H,24,25)/p-2/b5-3+/t11-,12+,13+,14-/m1/s1. The highest BCUT2D eigenvalue weighted by molar-refractivity contribution is 5.89. The van der Waals surface area contributed by atoms with Crippen molar-refractivity contribution in [3.8, 4) is 11.5 Å². The maximum atomic E-state index is 11.7. The summed E-state index contributed by atoms with van der Waals surface area (Å²) in [6, 6.07) is 4.02. The van der Waals surface area contributed by atoms with Crippen LogP contribution in [0.2, 0.25) is 0 Å². The molecule has 11 nitrogen and oxygen atoms in total. The van der Waals surface area contributed by atoms with E-state index >= 15 is 0 Å². The summed E-state index contributed by atoms with van der Waals surface area (Å²) in [5.74, 6) is -5.65. The number of hydrogen-bond acceptors (Lipinski definition) is 11. The zero-order valence-electron chi connectivity index (χ0n) is 13.8. The van der Waals surface area contributed by atoms with E-state index in [1.807, 2.05) is 0 Å². The van der Waals surface area contributed by atoms with E-state index in [4.69, 9.17) is 9.84 Å². The van der Waals surface area contributed by atoms with E-state index in [-0.39, 0.29) is 11.5 Å². The third-order valence-corrected chi connectivity index (χ3v) is 3.32. The van der Waals surface area contributed by atoms with Crippen molar-refractivity contribution < 1.29 is 54.5 Å². The Balaban J connectivity index is 2.87. The summed E-state index contributed by atoms with van der Waals surface area (Å²) in [5.41, 5.74) is 0.361. The van der Waals surface area contributed by atoms with Gasteiger partial charge in [0.25, 0.3) is 0 Å². The van der Waals surface area contributed by atoms with Gasteiger partial charge in [-0.3, -0.25) is 0 Å². The van der Waals surface area contributed by atoms with Gasteiger partial charge in [0, 0.05) is 6.08 Å². The third kappa shape index (κ3) is 5.95. The summed E-state index contributed by atoms with van der Waals surface area (Å²) in [4.78, 5) is 33.2. The molecule has 0 aliphatic carbocycles. The van der Waals surface area contributed by atoms with E-state index in [1.165, 1.54) is 25.3 Å². The predicted molar refractivity (Wildman–Crippen MR) is 81.6 cm³/mol. The van der Waals surface area contributed by atoms with Gasteiger partial charge >= 0.3 is 5.97 Å². The number of esters is 1. The first-order valence-electron chi connectivity index (χ1n) is 7.30. The number of benzene rings is 1. The van der Waals surface area contributed by atoms with Crippen molar-refractivity contribution in [3.05, 3.63) is 29.8 Å². The van der Waals surface area contributed by atoms with Crippen LogP contribution in [0.1, 0.15) is 5.56 Å². The minimum atomic E-state index is -2.62. The number of carboxylic acids is 2. The lowest BCUT2D eigenvalue weighted by Crippen LogP contribution is -2.56. The predicted octanol–water partition coefficient (Wildman–Crippen LogP) is -4.09. The van der Waals surface area contributed by atoms with Gasteiger partial charge in [0.1, 0.15) is 18.3 Å². The normalized spacial score (nSPS) is 15.6. The van der Waals surface area contributed by atoms with Gasteiger partial charge in [-0.25, -0.2) is 4.79 Å². The highest BCUT2D eigenvalue weighted by Gasteiger charge is 2.35. The molecule has 1 rings (SSSR count). The number of aliphatic hydroxyl groups is 3. The van der Waals surface area contributed by atoms with Gasteiger partial charge in [0.2, 0.25) is 0 Å². The first-order chi connectivity index (χ1) is 12.6. The molecule has 148 valence electrons. The molecule has 0 heterocycles. The van der Waals surface area contributed by atoms with Crippen LogP contribution in [-0.2, 0) is 19.1 Å². The number of aliphatic hydroxyl groups excluding tert-OH is 3. The van der Waals surface area contributed by atoms with Crippen LogP contribution in [0.25, 0.3) is 6.08 Å². The van der Waals surface area contributed by atoms with Crippen LogP contribution in [0.5, 0.6) is 11.5 Å². The highest BCUT2D eigenvalue weighted by Crippen LogP contribution is 2.26. The Labute approximate surface area is 152 Å². The summed E-state index contributed by atoms with van der Waals surface area (Å²) >= 11 is 0. The molecule has 4 N–H and O–H groups in total. The molecule has 27 heavy (non-hydrogen) atoms. The number of aliphatic carboxylic acids is 2. The van der Waals surface area contributed by atoms with Crippen LogP contribution in [0, 0.1) is 0 Å². The van der Waals surface area contributed by atoms with Gasteiger partial charge in [0.05, 0.1) is 19.0 Å². The van der Waals surface area contributed by atoms with Crippen LogP contribution >= 0.6 is 0 Å². The number of aromatic hydroxyl groups is 1. The zero-order valence-corrected chi connectivity index (χ0v) is 13.8. The maximum absolute atomic E-state index is 11.7. The van der Waals surface area contributed by atoms with Crippen molar-refractivity contribution >= 4 is 24.0 Å². The van der Waals surface area contributed by atoms with Crippen molar-refractivity contribution in [2.45, 2.75) is 24.4 Å². The molecule has 0 unspecified atom stereocenters. The number of carboxylic acid groups (broad SMARTS) is 2. The molecule has 0 fully saturated rings. The Morgan fingerprint density at radius 3 is 2.22 bits per heavy atom. The van der Waals surface area contributed by atoms with Crippen LogP contribution in [0.4, 0.5) is 0 Å². The Hall–Kier alpha value is -3.15. The molecule has 0 aromatic heterocycles. The van der Waals surface area contributed by atoms with E-state index < -0.39 is 42.3 Å². The first-order valence-corrected chi connectivity index (χ1v) is 7.30. The molecular weight excluding hydrogens is 368 g/mol. The molecule has 0 spiro atoms. The van der Waals surface area contributed by atoms with Crippen LogP contribution in [0.15, 0.2) is 24.3 Å². The molecule has 1 aromatic rings. The van der Waals surface area contributed by atoms with Gasteiger partial charge in [0.15, 0.2) is 17.6 Å². The minimum absolute atomic E-state index is 0.105. The number of phenols is 1. The summed E-state index contributed by atoms with van der Waals surface area (Å²) < 4.78 is 9.29. The van der Waals surface area contributed by atoms with Crippen molar-refractivity contribution in [1.82, 2.24) is 0 Å². The average molecular weight is 384 g/mol. The lowest BCUT2D eigenvalue weighted by molar-refractivity contribution is -0.327. The van der Waals surface area contributed by atoms with Crippen LogP contribution in [-0.4, -0.2) is 69.9 Å². The summed E-state index contributed by atoms with van der Waals surface area (Å²) in [6.07, 6.45) is -8.20. The smallest absolute Gasteiger partial charge is 0.331 e. The second kappa shape index (κ2) is 9.52. The van der Waals surface area contributed by atoms with Crippen molar-refractivity contribution in [3.63, 3.8) is 0 Å². The van der Waals surface area contributed by atoms with E-state index in [9.17, 15) is 39.9 Å². The number of carbonyl (C=O) groups is 3. The van der Waals surface area contributed by atoms with Crippen LogP contribution < -0.4 is 14.9 Å². The summed E-state index contributed by atoms with van der Waals surface area (Å²) in [5, 5.41) is 59.0. The lowest BCUT2D eigenvalue weighted by atomic mass is 10.0. The Morgan fingerprint density at radius 2 is 1.70 bits per heavy atom. The molecule has 1 aromatic carbocycles. The molecule has 0 aliphatic heterocycles. The molecule has 0 amide bonds. The van der Waals surface area contributed by atoms with Crippen molar-refractivity contribution in [2.24, 2.45) is 0 Å². The second-order valence-corrected chi connectivity index (χ2v) is 5.19. The Bertz CT molecular complexity index is 727. The molecule has 0 bridgehead atoms. The number of hydrogen-bond donors (Lipinski definition) is 4. The third-order valence-electron chi connectivity index (χ3n) is 3.32. The first kappa shape index (κ1) is 21.9. The lowest BCUT2D eigenvalue weighted by Gasteiger charge is -2.29.